The van der Waals surface area contributed by atoms with E-state index < -0.39 is 10.0 Å². The zero-order chi connectivity index (χ0) is 22.7. The van der Waals surface area contributed by atoms with Crippen LogP contribution in [0.25, 0.3) is 0 Å². The lowest BCUT2D eigenvalue weighted by Gasteiger charge is -2.20. The molecular formula is C24H23ClN2O4S. The lowest BCUT2D eigenvalue weighted by molar-refractivity contribution is 0.0950. The van der Waals surface area contributed by atoms with Crippen LogP contribution in [0.2, 0.25) is 5.02 Å². The zero-order valence-corrected chi connectivity index (χ0v) is 19.1. The van der Waals surface area contributed by atoms with Crippen molar-refractivity contribution in [3.8, 4) is 5.75 Å². The van der Waals surface area contributed by atoms with Crippen molar-refractivity contribution in [2.45, 2.75) is 24.9 Å². The Labute approximate surface area is 192 Å². The molecule has 0 fully saturated rings. The van der Waals surface area contributed by atoms with Crippen LogP contribution in [0.3, 0.4) is 0 Å². The standard InChI is InChI=1S/C24H23ClN2O4S/c1-17-7-9-21(14-22(17)25)32(29,30)27-11-12-31-23-10-8-19(13-20(23)16-27)24(28)26-15-18-5-3-2-4-6-18/h2-10,13-14H,11-12,15-16H2,1H3,(H,26,28). The molecule has 0 radical (unpaired) electrons. The molecule has 1 amide bonds. The second kappa shape index (κ2) is 9.32. The van der Waals surface area contributed by atoms with Gasteiger partial charge in [0.2, 0.25) is 10.0 Å². The Hall–Kier alpha value is -2.87. The van der Waals surface area contributed by atoms with Crippen LogP contribution in [0.4, 0.5) is 0 Å². The summed E-state index contributed by atoms with van der Waals surface area (Å²) in [4.78, 5) is 12.8. The largest absolute Gasteiger partial charge is 0.492 e. The summed E-state index contributed by atoms with van der Waals surface area (Å²) in [7, 11) is -3.78. The van der Waals surface area contributed by atoms with Crippen molar-refractivity contribution < 1.29 is 17.9 Å². The molecule has 0 saturated carbocycles. The first-order chi connectivity index (χ1) is 15.3. The van der Waals surface area contributed by atoms with Gasteiger partial charge in [-0.05, 0) is 48.4 Å². The molecule has 4 rings (SSSR count). The van der Waals surface area contributed by atoms with Crippen LogP contribution >= 0.6 is 11.6 Å². The third kappa shape index (κ3) is 4.80. The summed E-state index contributed by atoms with van der Waals surface area (Å²) in [5, 5.41) is 3.29. The number of ether oxygens (including phenoxy) is 1. The summed E-state index contributed by atoms with van der Waals surface area (Å²) in [6.07, 6.45) is 0. The quantitative estimate of drug-likeness (QED) is 0.607. The highest BCUT2D eigenvalue weighted by Gasteiger charge is 2.28. The smallest absolute Gasteiger partial charge is 0.251 e. The first-order valence-electron chi connectivity index (χ1n) is 10.2. The second-order valence-corrected chi connectivity index (χ2v) is 9.93. The predicted molar refractivity (Wildman–Crippen MR) is 123 cm³/mol. The van der Waals surface area contributed by atoms with Crippen molar-refractivity contribution in [1.29, 1.82) is 0 Å². The highest BCUT2D eigenvalue weighted by Crippen LogP contribution is 2.29. The summed E-state index contributed by atoms with van der Waals surface area (Å²) in [5.74, 6) is 0.338. The molecule has 1 aliphatic rings. The van der Waals surface area contributed by atoms with Crippen LogP contribution in [-0.2, 0) is 23.1 Å². The van der Waals surface area contributed by atoms with E-state index in [1.54, 1.807) is 30.3 Å². The van der Waals surface area contributed by atoms with E-state index in [4.69, 9.17) is 16.3 Å². The van der Waals surface area contributed by atoms with E-state index >= 15 is 0 Å². The van der Waals surface area contributed by atoms with Crippen molar-refractivity contribution in [3.05, 3.63) is 94.0 Å². The second-order valence-electron chi connectivity index (χ2n) is 7.59. The van der Waals surface area contributed by atoms with Crippen LogP contribution in [0.15, 0.2) is 71.6 Å². The summed E-state index contributed by atoms with van der Waals surface area (Å²) >= 11 is 6.15. The van der Waals surface area contributed by atoms with E-state index in [0.29, 0.717) is 28.4 Å². The molecular weight excluding hydrogens is 448 g/mol. The number of nitrogens with one attached hydrogen (secondary N) is 1. The summed E-state index contributed by atoms with van der Waals surface area (Å²) in [6.45, 7) is 2.73. The number of amides is 1. The molecule has 8 heteroatoms. The lowest BCUT2D eigenvalue weighted by atomic mass is 10.1. The molecule has 1 aliphatic heterocycles. The number of carbonyl (C=O) groups is 1. The number of sulfonamides is 1. The molecule has 0 aliphatic carbocycles. The van der Waals surface area contributed by atoms with E-state index in [0.717, 1.165) is 11.1 Å². The Morgan fingerprint density at radius 1 is 1.09 bits per heavy atom. The van der Waals surface area contributed by atoms with Crippen LogP contribution in [0.1, 0.15) is 27.0 Å². The third-order valence-electron chi connectivity index (χ3n) is 5.34. The Morgan fingerprint density at radius 3 is 2.62 bits per heavy atom. The topological polar surface area (TPSA) is 75.7 Å². The minimum Gasteiger partial charge on any atom is -0.492 e. The van der Waals surface area contributed by atoms with Gasteiger partial charge in [0, 0.05) is 35.8 Å². The molecule has 0 bridgehead atoms. The molecule has 0 aromatic heterocycles. The predicted octanol–water partition coefficient (Wildman–Crippen LogP) is 4.16. The van der Waals surface area contributed by atoms with Crippen LogP contribution in [0.5, 0.6) is 5.75 Å². The molecule has 32 heavy (non-hydrogen) atoms. The van der Waals surface area contributed by atoms with Gasteiger partial charge in [0.15, 0.2) is 0 Å². The molecule has 3 aromatic rings. The minimum absolute atomic E-state index is 0.100. The fraction of sp³-hybridized carbons (Fsp3) is 0.208. The summed E-state index contributed by atoms with van der Waals surface area (Å²) in [5.41, 5.74) is 2.88. The number of carbonyl (C=O) groups excluding carboxylic acids is 1. The molecule has 3 aromatic carbocycles. The van der Waals surface area contributed by atoms with Gasteiger partial charge in [-0.2, -0.15) is 4.31 Å². The van der Waals surface area contributed by atoms with Crippen LogP contribution in [0, 0.1) is 6.92 Å². The van der Waals surface area contributed by atoms with E-state index in [1.165, 1.54) is 10.4 Å². The number of hydrogen-bond acceptors (Lipinski definition) is 4. The van der Waals surface area contributed by atoms with Crippen molar-refractivity contribution >= 4 is 27.5 Å². The third-order valence-corrected chi connectivity index (χ3v) is 7.59. The van der Waals surface area contributed by atoms with E-state index in [2.05, 4.69) is 5.32 Å². The lowest BCUT2D eigenvalue weighted by Crippen LogP contribution is -2.32. The fourth-order valence-corrected chi connectivity index (χ4v) is 5.15. The molecule has 1 N–H and O–H groups in total. The number of benzene rings is 3. The van der Waals surface area contributed by atoms with E-state index in [9.17, 15) is 13.2 Å². The number of rotatable bonds is 5. The average Bonchev–Trinajstić information content (AvgIpc) is 3.02. The Balaban J connectivity index is 1.55. The molecule has 0 spiro atoms. The number of hydrogen-bond donors (Lipinski definition) is 1. The number of fused-ring (bicyclic) bond motifs is 1. The highest BCUT2D eigenvalue weighted by molar-refractivity contribution is 7.89. The monoisotopic (exact) mass is 470 g/mol. The minimum atomic E-state index is -3.78. The Morgan fingerprint density at radius 2 is 1.88 bits per heavy atom. The Kier molecular flexibility index (Phi) is 6.50. The summed E-state index contributed by atoms with van der Waals surface area (Å²) < 4.78 is 33.6. The first-order valence-corrected chi connectivity index (χ1v) is 12.0. The van der Waals surface area contributed by atoms with Crippen molar-refractivity contribution in [1.82, 2.24) is 9.62 Å². The number of aryl methyl sites for hydroxylation is 1. The molecule has 0 saturated heterocycles. The maximum atomic E-state index is 13.2. The SMILES string of the molecule is Cc1ccc(S(=O)(=O)N2CCOc3ccc(C(=O)NCc4ccccc4)cc3C2)cc1Cl. The van der Waals surface area contributed by atoms with Gasteiger partial charge in [-0.1, -0.05) is 48.0 Å². The Bertz CT molecular complexity index is 1250. The van der Waals surface area contributed by atoms with Gasteiger partial charge in [-0.3, -0.25) is 4.79 Å². The van der Waals surface area contributed by atoms with Gasteiger partial charge in [-0.15, -0.1) is 0 Å². The molecule has 6 nitrogen and oxygen atoms in total. The normalized spacial score (nSPS) is 14.2. The molecule has 166 valence electrons. The average molecular weight is 471 g/mol. The number of nitrogens with zero attached hydrogens (tertiary/aromatic N) is 1. The van der Waals surface area contributed by atoms with Gasteiger partial charge in [0.1, 0.15) is 12.4 Å². The van der Waals surface area contributed by atoms with Gasteiger partial charge >= 0.3 is 0 Å². The first kappa shape index (κ1) is 22.3. The van der Waals surface area contributed by atoms with Gasteiger partial charge in [0.25, 0.3) is 5.91 Å². The van der Waals surface area contributed by atoms with Crippen molar-refractivity contribution in [2.75, 3.05) is 13.2 Å². The maximum Gasteiger partial charge on any atom is 0.251 e. The van der Waals surface area contributed by atoms with Crippen LogP contribution in [-0.4, -0.2) is 31.8 Å². The van der Waals surface area contributed by atoms with Crippen LogP contribution < -0.4 is 10.1 Å². The van der Waals surface area contributed by atoms with Crippen molar-refractivity contribution in [2.24, 2.45) is 0 Å². The highest BCUT2D eigenvalue weighted by atomic mass is 35.5. The van der Waals surface area contributed by atoms with Gasteiger partial charge in [0.05, 0.1) is 4.90 Å². The van der Waals surface area contributed by atoms with Gasteiger partial charge < -0.3 is 10.1 Å². The van der Waals surface area contributed by atoms with E-state index in [1.807, 2.05) is 37.3 Å². The molecule has 0 atom stereocenters. The van der Waals surface area contributed by atoms with Crippen molar-refractivity contribution in [3.63, 3.8) is 0 Å². The van der Waals surface area contributed by atoms with E-state index in [-0.39, 0.29) is 30.5 Å². The zero-order valence-electron chi connectivity index (χ0n) is 17.5. The summed E-state index contributed by atoms with van der Waals surface area (Å²) in [6, 6.07) is 19.4. The maximum absolute atomic E-state index is 13.2. The molecule has 1 heterocycles. The fourth-order valence-electron chi connectivity index (χ4n) is 3.48. The van der Waals surface area contributed by atoms with Gasteiger partial charge in [-0.25, -0.2) is 8.42 Å². The number of halogens is 1. The molecule has 0 unspecified atom stereocenters.